The van der Waals surface area contributed by atoms with Gasteiger partial charge in [0, 0.05) is 25.7 Å². The number of hydrogen-bond donors (Lipinski definition) is 1. The van der Waals surface area contributed by atoms with Crippen LogP contribution in [-0.2, 0) is 9.59 Å². The third kappa shape index (κ3) is 3.91. The summed E-state index contributed by atoms with van der Waals surface area (Å²) >= 11 is 0. The predicted octanol–water partition coefficient (Wildman–Crippen LogP) is 1.01. The maximum absolute atomic E-state index is 12.1. The van der Waals surface area contributed by atoms with Crippen molar-refractivity contribution in [2.45, 2.75) is 19.4 Å². The van der Waals surface area contributed by atoms with Gasteiger partial charge < -0.3 is 10.2 Å². The summed E-state index contributed by atoms with van der Waals surface area (Å²) in [5, 5.41) is 6.65. The summed E-state index contributed by atoms with van der Waals surface area (Å²) in [6.07, 6.45) is 3.10. The van der Waals surface area contributed by atoms with Crippen molar-refractivity contribution in [2.24, 2.45) is 0 Å². The van der Waals surface area contributed by atoms with Crippen molar-refractivity contribution in [1.29, 1.82) is 0 Å². The third-order valence-corrected chi connectivity index (χ3v) is 3.37. The van der Waals surface area contributed by atoms with Crippen LogP contribution in [0.5, 0.6) is 0 Å². The second-order valence-corrected chi connectivity index (χ2v) is 4.88. The Hall–Kier alpha value is -2.70. The van der Waals surface area contributed by atoms with Gasteiger partial charge >= 0.3 is 0 Å². The summed E-state index contributed by atoms with van der Waals surface area (Å²) in [6.45, 7) is 2.01. The second-order valence-electron chi connectivity index (χ2n) is 4.88. The first kappa shape index (κ1) is 15.7. The summed E-state index contributed by atoms with van der Waals surface area (Å²) in [7, 11) is 1.72. The Morgan fingerprint density at radius 3 is 2.68 bits per heavy atom. The molecule has 116 valence electrons. The lowest BCUT2D eigenvalue weighted by molar-refractivity contribution is -0.124. The van der Waals surface area contributed by atoms with Crippen molar-refractivity contribution in [1.82, 2.24) is 20.1 Å². The molecular formula is C15H19N5O2. The molecule has 7 heteroatoms. The highest BCUT2D eigenvalue weighted by Crippen LogP contribution is 2.11. The van der Waals surface area contributed by atoms with Crippen LogP contribution in [0.1, 0.15) is 19.4 Å². The molecule has 22 heavy (non-hydrogen) atoms. The van der Waals surface area contributed by atoms with E-state index in [0.29, 0.717) is 0 Å². The molecule has 1 atom stereocenters. The molecule has 0 spiro atoms. The van der Waals surface area contributed by atoms with E-state index in [9.17, 15) is 9.59 Å². The van der Waals surface area contributed by atoms with Crippen molar-refractivity contribution in [2.75, 3.05) is 18.5 Å². The minimum absolute atomic E-state index is 0.0556. The summed E-state index contributed by atoms with van der Waals surface area (Å²) < 4.78 is 1.47. The number of nitrogens with zero attached hydrogens (tertiary/aromatic N) is 4. The summed E-state index contributed by atoms with van der Waals surface area (Å²) in [4.78, 5) is 29.4. The van der Waals surface area contributed by atoms with Gasteiger partial charge in [-0.2, -0.15) is 5.10 Å². The van der Waals surface area contributed by atoms with E-state index in [2.05, 4.69) is 15.4 Å². The van der Waals surface area contributed by atoms with Gasteiger partial charge in [0.15, 0.2) is 0 Å². The van der Waals surface area contributed by atoms with Crippen LogP contribution in [0, 0.1) is 0 Å². The molecule has 0 saturated heterocycles. The number of amides is 2. The third-order valence-electron chi connectivity index (χ3n) is 3.37. The Balaban J connectivity index is 1.78. The molecule has 1 aromatic carbocycles. The normalized spacial score (nSPS) is 11.7. The molecule has 2 amide bonds. The van der Waals surface area contributed by atoms with Gasteiger partial charge in [0.1, 0.15) is 18.7 Å². The zero-order valence-corrected chi connectivity index (χ0v) is 12.6. The maximum atomic E-state index is 12.1. The van der Waals surface area contributed by atoms with Gasteiger partial charge in [-0.05, 0) is 19.1 Å². The average Bonchev–Trinajstić information content (AvgIpc) is 3.08. The van der Waals surface area contributed by atoms with E-state index in [4.69, 9.17) is 0 Å². The smallest absolute Gasteiger partial charge is 0.244 e. The summed E-state index contributed by atoms with van der Waals surface area (Å²) in [5.74, 6) is -0.249. The van der Waals surface area contributed by atoms with E-state index in [1.165, 1.54) is 17.3 Å². The molecule has 1 heterocycles. The van der Waals surface area contributed by atoms with Crippen LogP contribution >= 0.6 is 0 Å². The van der Waals surface area contributed by atoms with Crippen LogP contribution < -0.4 is 10.2 Å². The molecule has 2 rings (SSSR count). The molecular weight excluding hydrogens is 282 g/mol. The second kappa shape index (κ2) is 7.35. The van der Waals surface area contributed by atoms with Gasteiger partial charge in [0.25, 0.3) is 0 Å². The molecule has 0 aliphatic heterocycles. The van der Waals surface area contributed by atoms with Gasteiger partial charge in [-0.3, -0.25) is 9.59 Å². The molecule has 0 aliphatic carbocycles. The van der Waals surface area contributed by atoms with Crippen molar-refractivity contribution in [3.63, 3.8) is 0 Å². The van der Waals surface area contributed by atoms with Crippen LogP contribution in [0.15, 0.2) is 43.0 Å². The minimum atomic E-state index is -0.454. The molecule has 1 aromatic heterocycles. The molecule has 0 radical (unpaired) electrons. The number of carbonyl (C=O) groups is 2. The molecule has 0 fully saturated rings. The minimum Gasteiger partial charge on any atom is -0.354 e. The highest BCUT2D eigenvalue weighted by molar-refractivity contribution is 5.93. The van der Waals surface area contributed by atoms with Gasteiger partial charge in [-0.25, -0.2) is 9.67 Å². The first-order chi connectivity index (χ1) is 10.6. The highest BCUT2D eigenvalue weighted by atomic mass is 16.2. The number of benzene rings is 1. The summed E-state index contributed by atoms with van der Waals surface area (Å²) in [6, 6.07) is 8.92. The summed E-state index contributed by atoms with van der Waals surface area (Å²) in [5.41, 5.74) is 0.829. The van der Waals surface area contributed by atoms with Crippen LogP contribution in [0.2, 0.25) is 0 Å². The van der Waals surface area contributed by atoms with Crippen LogP contribution in [-0.4, -0.2) is 40.2 Å². The van der Waals surface area contributed by atoms with Crippen molar-refractivity contribution in [3.8, 4) is 0 Å². The van der Waals surface area contributed by atoms with Gasteiger partial charge in [-0.15, -0.1) is 0 Å². The Labute approximate surface area is 129 Å². The van der Waals surface area contributed by atoms with E-state index < -0.39 is 6.04 Å². The fraction of sp³-hybridized carbons (Fsp3) is 0.333. The first-order valence-corrected chi connectivity index (χ1v) is 7.03. The lowest BCUT2D eigenvalue weighted by Gasteiger charge is -2.18. The quantitative estimate of drug-likeness (QED) is 0.863. The number of aromatic nitrogens is 3. The van der Waals surface area contributed by atoms with E-state index in [1.54, 1.807) is 18.9 Å². The van der Waals surface area contributed by atoms with E-state index in [1.807, 2.05) is 30.3 Å². The number of nitrogens with one attached hydrogen (secondary N) is 1. The highest BCUT2D eigenvalue weighted by Gasteiger charge is 2.16. The zero-order valence-electron chi connectivity index (χ0n) is 12.6. The van der Waals surface area contributed by atoms with E-state index >= 15 is 0 Å². The fourth-order valence-electron chi connectivity index (χ4n) is 1.94. The number of para-hydroxylation sites is 1. The Morgan fingerprint density at radius 2 is 2.05 bits per heavy atom. The first-order valence-electron chi connectivity index (χ1n) is 7.03. The standard InChI is InChI=1S/C15H19N5O2/c1-12(20-11-16-10-18-20)15(22)17-9-8-14(21)19(2)13-6-4-3-5-7-13/h3-7,10-12H,8-9H2,1-2H3,(H,17,22). The number of rotatable bonds is 6. The monoisotopic (exact) mass is 301 g/mol. The number of carbonyl (C=O) groups excluding carboxylic acids is 2. The topological polar surface area (TPSA) is 80.1 Å². The number of anilines is 1. The SMILES string of the molecule is CC(C(=O)NCCC(=O)N(C)c1ccccc1)n1cncn1. The fourth-order valence-corrected chi connectivity index (χ4v) is 1.94. The Bertz CT molecular complexity index is 612. The van der Waals surface area contributed by atoms with Gasteiger partial charge in [0.05, 0.1) is 0 Å². The molecule has 7 nitrogen and oxygen atoms in total. The van der Waals surface area contributed by atoms with Crippen LogP contribution in [0.25, 0.3) is 0 Å². The molecule has 0 bridgehead atoms. The Morgan fingerprint density at radius 1 is 1.32 bits per heavy atom. The molecule has 0 aliphatic rings. The van der Waals surface area contributed by atoms with Crippen molar-refractivity contribution in [3.05, 3.63) is 43.0 Å². The van der Waals surface area contributed by atoms with Gasteiger partial charge in [0.2, 0.25) is 11.8 Å². The van der Waals surface area contributed by atoms with Crippen molar-refractivity contribution >= 4 is 17.5 Å². The van der Waals surface area contributed by atoms with Crippen molar-refractivity contribution < 1.29 is 9.59 Å². The van der Waals surface area contributed by atoms with Crippen LogP contribution in [0.3, 0.4) is 0 Å². The largest absolute Gasteiger partial charge is 0.354 e. The van der Waals surface area contributed by atoms with Gasteiger partial charge in [-0.1, -0.05) is 18.2 Å². The average molecular weight is 301 g/mol. The molecule has 1 N–H and O–H groups in total. The predicted molar refractivity (Wildman–Crippen MR) is 82.2 cm³/mol. The van der Waals surface area contributed by atoms with E-state index in [0.717, 1.165) is 5.69 Å². The number of hydrogen-bond acceptors (Lipinski definition) is 4. The molecule has 2 aromatic rings. The lowest BCUT2D eigenvalue weighted by atomic mass is 10.2. The maximum Gasteiger partial charge on any atom is 0.244 e. The molecule has 1 unspecified atom stereocenters. The van der Waals surface area contributed by atoms with Crippen LogP contribution in [0.4, 0.5) is 5.69 Å². The van der Waals surface area contributed by atoms with E-state index in [-0.39, 0.29) is 24.8 Å². The Kier molecular flexibility index (Phi) is 5.24. The zero-order chi connectivity index (χ0) is 15.9. The molecule has 0 saturated carbocycles. The lowest BCUT2D eigenvalue weighted by Crippen LogP contribution is -2.35.